The zero-order valence-corrected chi connectivity index (χ0v) is 12.9. The Morgan fingerprint density at radius 2 is 2.00 bits per heavy atom. The van der Waals surface area contributed by atoms with E-state index in [2.05, 4.69) is 5.32 Å². The maximum atomic E-state index is 11.8. The van der Waals surface area contributed by atoms with Crippen LogP contribution >= 0.6 is 0 Å². The summed E-state index contributed by atoms with van der Waals surface area (Å²) in [5.74, 6) is 0.661. The Balaban J connectivity index is 2.21. The van der Waals surface area contributed by atoms with Gasteiger partial charge >= 0.3 is 6.09 Å². The maximum absolute atomic E-state index is 11.8. The van der Waals surface area contributed by atoms with E-state index in [4.69, 9.17) is 9.47 Å². The lowest BCUT2D eigenvalue weighted by molar-refractivity contribution is -0.109. The van der Waals surface area contributed by atoms with Gasteiger partial charge in [0.15, 0.2) is 0 Å². The molecule has 5 heteroatoms. The Morgan fingerprint density at radius 3 is 2.48 bits per heavy atom. The molecule has 0 saturated heterocycles. The second-order valence-electron chi connectivity index (χ2n) is 6.32. The summed E-state index contributed by atoms with van der Waals surface area (Å²) in [6.07, 6.45) is 2.06. The Hall–Kier alpha value is -2.04. The van der Waals surface area contributed by atoms with Crippen LogP contribution in [0.15, 0.2) is 18.2 Å². The molecule has 1 aliphatic carbocycles. The van der Waals surface area contributed by atoms with Gasteiger partial charge in [0.2, 0.25) is 0 Å². The standard InChI is InChI=1S/C16H21NO4/c1-15(2,3)21-14(19)17-11-5-6-13(20-4)12(9-11)16(10-18)7-8-16/h5-6,9-10H,7-8H2,1-4H3,(H,17,19). The molecule has 0 spiro atoms. The number of hydrogen-bond acceptors (Lipinski definition) is 4. The van der Waals surface area contributed by atoms with E-state index >= 15 is 0 Å². The van der Waals surface area contributed by atoms with E-state index in [9.17, 15) is 9.59 Å². The Kier molecular flexibility index (Phi) is 3.94. The highest BCUT2D eigenvalue weighted by molar-refractivity contribution is 5.86. The zero-order chi connectivity index (χ0) is 15.7. The highest BCUT2D eigenvalue weighted by Crippen LogP contribution is 2.50. The molecule has 1 fully saturated rings. The number of nitrogens with one attached hydrogen (secondary N) is 1. The molecule has 5 nitrogen and oxygen atoms in total. The molecule has 114 valence electrons. The van der Waals surface area contributed by atoms with Crippen LogP contribution in [0.4, 0.5) is 10.5 Å². The van der Waals surface area contributed by atoms with Gasteiger partial charge in [-0.2, -0.15) is 0 Å². The highest BCUT2D eigenvalue weighted by Gasteiger charge is 2.46. The summed E-state index contributed by atoms with van der Waals surface area (Å²) in [5.41, 5.74) is 0.387. The van der Waals surface area contributed by atoms with Crippen LogP contribution < -0.4 is 10.1 Å². The van der Waals surface area contributed by atoms with Crippen LogP contribution in [0.3, 0.4) is 0 Å². The number of rotatable bonds is 4. The van der Waals surface area contributed by atoms with E-state index < -0.39 is 17.1 Å². The number of methoxy groups -OCH3 is 1. The summed E-state index contributed by atoms with van der Waals surface area (Å²) in [6, 6.07) is 5.27. The summed E-state index contributed by atoms with van der Waals surface area (Å²) in [5, 5.41) is 2.68. The fraction of sp³-hybridized carbons (Fsp3) is 0.500. The van der Waals surface area contributed by atoms with Crippen molar-refractivity contribution in [1.82, 2.24) is 0 Å². The average molecular weight is 291 g/mol. The molecule has 1 aliphatic rings. The smallest absolute Gasteiger partial charge is 0.412 e. The van der Waals surface area contributed by atoms with E-state index in [1.807, 2.05) is 0 Å². The first-order valence-corrected chi connectivity index (χ1v) is 6.94. The molecule has 0 aliphatic heterocycles. The van der Waals surface area contributed by atoms with E-state index in [0.717, 1.165) is 24.7 Å². The van der Waals surface area contributed by atoms with Gasteiger partial charge in [0.05, 0.1) is 12.5 Å². The average Bonchev–Trinajstić information content (AvgIpc) is 3.17. The number of ether oxygens (including phenoxy) is 2. The van der Waals surface area contributed by atoms with Crippen molar-refractivity contribution in [3.05, 3.63) is 23.8 Å². The molecule has 1 aromatic rings. The van der Waals surface area contributed by atoms with Crippen LogP contribution in [-0.4, -0.2) is 25.1 Å². The minimum Gasteiger partial charge on any atom is -0.496 e. The van der Waals surface area contributed by atoms with Gasteiger partial charge < -0.3 is 14.3 Å². The van der Waals surface area contributed by atoms with E-state index in [0.29, 0.717) is 11.4 Å². The lowest BCUT2D eigenvalue weighted by Crippen LogP contribution is -2.27. The van der Waals surface area contributed by atoms with Crippen molar-refractivity contribution in [2.24, 2.45) is 0 Å². The van der Waals surface area contributed by atoms with Crippen molar-refractivity contribution in [3.63, 3.8) is 0 Å². The summed E-state index contributed by atoms with van der Waals surface area (Å²) >= 11 is 0. The molecule has 0 atom stereocenters. The molecule has 0 aromatic heterocycles. The monoisotopic (exact) mass is 291 g/mol. The van der Waals surface area contributed by atoms with Gasteiger partial charge in [-0.25, -0.2) is 4.79 Å². The second kappa shape index (κ2) is 5.39. The first-order chi connectivity index (χ1) is 9.79. The Labute approximate surface area is 124 Å². The SMILES string of the molecule is COc1ccc(NC(=O)OC(C)(C)C)cc1C1(C=O)CC1. The second-order valence-corrected chi connectivity index (χ2v) is 6.32. The van der Waals surface area contributed by atoms with Crippen LogP contribution in [0.25, 0.3) is 0 Å². The van der Waals surface area contributed by atoms with Gasteiger partial charge in [0.25, 0.3) is 0 Å². The Morgan fingerprint density at radius 1 is 1.33 bits per heavy atom. The zero-order valence-electron chi connectivity index (χ0n) is 12.9. The van der Waals surface area contributed by atoms with E-state index in [1.54, 1.807) is 46.1 Å². The molecule has 0 bridgehead atoms. The van der Waals surface area contributed by atoms with Crippen LogP contribution in [0, 0.1) is 0 Å². The molecule has 1 saturated carbocycles. The molecule has 21 heavy (non-hydrogen) atoms. The summed E-state index contributed by atoms with van der Waals surface area (Å²) in [7, 11) is 1.57. The molecule has 0 heterocycles. The predicted molar refractivity (Wildman–Crippen MR) is 79.8 cm³/mol. The number of aldehydes is 1. The van der Waals surface area contributed by atoms with Gasteiger partial charge in [-0.3, -0.25) is 5.32 Å². The Bertz CT molecular complexity index is 556. The van der Waals surface area contributed by atoms with Crippen molar-refractivity contribution in [2.45, 2.75) is 44.6 Å². The lowest BCUT2D eigenvalue weighted by atomic mass is 9.96. The molecular weight excluding hydrogens is 270 g/mol. The fourth-order valence-electron chi connectivity index (χ4n) is 2.18. The number of anilines is 1. The molecule has 0 radical (unpaired) electrons. The van der Waals surface area contributed by atoms with Crippen molar-refractivity contribution < 1.29 is 19.1 Å². The number of carbonyl (C=O) groups excluding carboxylic acids is 2. The quantitative estimate of drug-likeness (QED) is 0.865. The predicted octanol–water partition coefficient (Wildman–Crippen LogP) is 3.27. The molecule has 0 unspecified atom stereocenters. The number of hydrogen-bond donors (Lipinski definition) is 1. The molecule has 2 rings (SSSR count). The third kappa shape index (κ3) is 3.54. The molecular formula is C16H21NO4. The van der Waals surface area contributed by atoms with Crippen LogP contribution in [-0.2, 0) is 14.9 Å². The highest BCUT2D eigenvalue weighted by atomic mass is 16.6. The van der Waals surface area contributed by atoms with Crippen LogP contribution in [0.5, 0.6) is 5.75 Å². The molecule has 1 N–H and O–H groups in total. The first-order valence-electron chi connectivity index (χ1n) is 6.94. The third-order valence-corrected chi connectivity index (χ3v) is 3.40. The van der Waals surface area contributed by atoms with Crippen LogP contribution in [0.1, 0.15) is 39.2 Å². The number of amides is 1. The summed E-state index contributed by atoms with van der Waals surface area (Å²) in [4.78, 5) is 23.1. The van der Waals surface area contributed by atoms with Gasteiger partial charge in [-0.15, -0.1) is 0 Å². The first kappa shape index (κ1) is 15.4. The van der Waals surface area contributed by atoms with Gasteiger partial charge in [0, 0.05) is 11.3 Å². The minimum atomic E-state index is -0.556. The topological polar surface area (TPSA) is 64.6 Å². The van der Waals surface area contributed by atoms with Crippen molar-refractivity contribution in [2.75, 3.05) is 12.4 Å². The van der Waals surface area contributed by atoms with Crippen molar-refractivity contribution in [1.29, 1.82) is 0 Å². The van der Waals surface area contributed by atoms with Gasteiger partial charge in [-0.05, 0) is 51.8 Å². The summed E-state index contributed by atoms with van der Waals surface area (Å²) < 4.78 is 10.5. The normalized spacial score (nSPS) is 16.0. The van der Waals surface area contributed by atoms with Crippen LogP contribution in [0.2, 0.25) is 0 Å². The van der Waals surface area contributed by atoms with Crippen molar-refractivity contribution >= 4 is 18.1 Å². The van der Waals surface area contributed by atoms with Crippen molar-refractivity contribution in [3.8, 4) is 5.75 Å². The van der Waals surface area contributed by atoms with Gasteiger partial charge in [0.1, 0.15) is 17.6 Å². The largest absolute Gasteiger partial charge is 0.496 e. The van der Waals surface area contributed by atoms with E-state index in [-0.39, 0.29) is 0 Å². The van der Waals surface area contributed by atoms with E-state index in [1.165, 1.54) is 0 Å². The number of benzene rings is 1. The number of carbonyl (C=O) groups is 2. The maximum Gasteiger partial charge on any atom is 0.412 e. The summed E-state index contributed by atoms with van der Waals surface area (Å²) in [6.45, 7) is 5.41. The lowest BCUT2D eigenvalue weighted by Gasteiger charge is -2.20. The molecule has 1 amide bonds. The third-order valence-electron chi connectivity index (χ3n) is 3.40. The fourth-order valence-corrected chi connectivity index (χ4v) is 2.18. The molecule has 1 aromatic carbocycles. The van der Waals surface area contributed by atoms with Gasteiger partial charge in [-0.1, -0.05) is 0 Å². The minimum absolute atomic E-state index is 0.461.